The molecule has 2 aromatic rings. The smallest absolute Gasteiger partial charge is 0.387 e. The Labute approximate surface area is 185 Å². The average molecular weight is 526 g/mol. The Hall–Kier alpha value is -1.65. The van der Waals surface area contributed by atoms with Gasteiger partial charge in [-0.1, -0.05) is 35.9 Å². The van der Waals surface area contributed by atoms with Crippen molar-refractivity contribution in [3.63, 3.8) is 0 Å². The molecule has 0 aliphatic rings. The number of ether oxygens (including phenoxy) is 1. The van der Waals surface area contributed by atoms with Gasteiger partial charge >= 0.3 is 6.61 Å². The number of hydrogen-bond acceptors (Lipinski definition) is 3. The summed E-state index contributed by atoms with van der Waals surface area (Å²) >= 11 is 5.97. The number of alkyl halides is 2. The normalized spacial score (nSPS) is 12.3. The molecule has 0 radical (unpaired) electrons. The van der Waals surface area contributed by atoms with Gasteiger partial charge in [0.05, 0.1) is 12.6 Å². The van der Waals surface area contributed by atoms with Gasteiger partial charge in [0, 0.05) is 18.1 Å². The summed E-state index contributed by atoms with van der Waals surface area (Å²) in [5.74, 6) is 0.597. The van der Waals surface area contributed by atoms with Crippen LogP contribution in [-0.2, 0) is 6.54 Å². The summed E-state index contributed by atoms with van der Waals surface area (Å²) in [5.41, 5.74) is 1.55. The zero-order chi connectivity index (χ0) is 19.6. The molecule has 2 rings (SSSR count). The second-order valence-electron chi connectivity index (χ2n) is 5.67. The first kappa shape index (κ1) is 24.4. The van der Waals surface area contributed by atoms with Gasteiger partial charge in [0.2, 0.25) is 0 Å². The molecule has 2 aromatic carbocycles. The summed E-state index contributed by atoms with van der Waals surface area (Å²) in [6.07, 6.45) is -0.833. The first-order valence-corrected chi connectivity index (χ1v) is 8.85. The van der Waals surface area contributed by atoms with Crippen molar-refractivity contribution >= 4 is 41.5 Å². The molecular weight excluding hydrogens is 503 g/mol. The summed E-state index contributed by atoms with van der Waals surface area (Å²) < 4.78 is 28.6. The SMILES string of the molecule is CCNC(=NCc1cccc(Cl)c1)NCC(O)c1ccc(OC(F)F)cc1.I. The summed E-state index contributed by atoms with van der Waals surface area (Å²) in [5, 5.41) is 17.1. The summed E-state index contributed by atoms with van der Waals surface area (Å²) in [6.45, 7) is 0.370. The largest absolute Gasteiger partial charge is 0.435 e. The van der Waals surface area contributed by atoms with Crippen molar-refractivity contribution in [2.75, 3.05) is 13.1 Å². The minimum atomic E-state index is -2.87. The third kappa shape index (κ3) is 8.57. The molecule has 1 unspecified atom stereocenters. The van der Waals surface area contributed by atoms with Crippen molar-refractivity contribution in [3.8, 4) is 5.75 Å². The van der Waals surface area contributed by atoms with E-state index in [0.29, 0.717) is 29.6 Å². The van der Waals surface area contributed by atoms with Gasteiger partial charge in [0.1, 0.15) is 5.75 Å². The molecular formula is C19H23ClF2IN3O2. The number of aliphatic hydroxyl groups excluding tert-OH is 1. The van der Waals surface area contributed by atoms with E-state index in [1.165, 1.54) is 12.1 Å². The second kappa shape index (κ2) is 12.7. The van der Waals surface area contributed by atoms with Crippen LogP contribution in [0.3, 0.4) is 0 Å². The van der Waals surface area contributed by atoms with Crippen molar-refractivity contribution in [3.05, 3.63) is 64.7 Å². The Morgan fingerprint density at radius 2 is 1.89 bits per heavy atom. The lowest BCUT2D eigenvalue weighted by Crippen LogP contribution is -2.39. The van der Waals surface area contributed by atoms with Crippen LogP contribution < -0.4 is 15.4 Å². The lowest BCUT2D eigenvalue weighted by molar-refractivity contribution is -0.0498. The minimum Gasteiger partial charge on any atom is -0.435 e. The van der Waals surface area contributed by atoms with E-state index in [-0.39, 0.29) is 36.3 Å². The predicted molar refractivity (Wildman–Crippen MR) is 118 cm³/mol. The lowest BCUT2D eigenvalue weighted by Gasteiger charge is -2.16. The monoisotopic (exact) mass is 525 g/mol. The summed E-state index contributed by atoms with van der Waals surface area (Å²) in [7, 11) is 0. The van der Waals surface area contributed by atoms with Gasteiger partial charge in [-0.15, -0.1) is 24.0 Å². The maximum absolute atomic E-state index is 12.2. The number of rotatable bonds is 8. The molecule has 154 valence electrons. The minimum absolute atomic E-state index is 0. The van der Waals surface area contributed by atoms with Crippen LogP contribution >= 0.6 is 35.6 Å². The number of benzene rings is 2. The number of aliphatic imine (C=N–C) groups is 1. The number of guanidine groups is 1. The standard InChI is InChI=1S/C19H22ClF2N3O2.HI/c1-2-23-19(24-11-13-4-3-5-15(20)10-13)25-12-17(26)14-6-8-16(9-7-14)27-18(21)22;/h3-10,17-18,26H,2,11-12H2,1H3,(H2,23,24,25);1H. The van der Waals surface area contributed by atoms with Crippen LogP contribution in [0.5, 0.6) is 5.75 Å². The first-order chi connectivity index (χ1) is 13.0. The number of halogens is 4. The number of nitrogens with one attached hydrogen (secondary N) is 2. The van der Waals surface area contributed by atoms with E-state index in [9.17, 15) is 13.9 Å². The second-order valence-corrected chi connectivity index (χ2v) is 6.11. The summed E-state index contributed by atoms with van der Waals surface area (Å²) in [6, 6.07) is 13.3. The quantitative estimate of drug-likeness (QED) is 0.272. The maximum atomic E-state index is 12.2. The molecule has 0 amide bonds. The average Bonchev–Trinajstić information content (AvgIpc) is 2.64. The van der Waals surface area contributed by atoms with Crippen molar-refractivity contribution in [1.29, 1.82) is 0 Å². The highest BCUT2D eigenvalue weighted by atomic mass is 127. The number of aliphatic hydroxyl groups is 1. The molecule has 0 fully saturated rings. The molecule has 9 heteroatoms. The first-order valence-electron chi connectivity index (χ1n) is 8.47. The van der Waals surface area contributed by atoms with Gasteiger partial charge in [-0.3, -0.25) is 0 Å². The van der Waals surface area contributed by atoms with Crippen LogP contribution in [0.4, 0.5) is 8.78 Å². The molecule has 1 atom stereocenters. The van der Waals surface area contributed by atoms with Crippen LogP contribution in [0.15, 0.2) is 53.5 Å². The van der Waals surface area contributed by atoms with Gasteiger partial charge in [-0.25, -0.2) is 4.99 Å². The Bertz CT molecular complexity index is 748. The van der Waals surface area contributed by atoms with E-state index < -0.39 is 12.7 Å². The van der Waals surface area contributed by atoms with Gasteiger partial charge in [-0.2, -0.15) is 8.78 Å². The van der Waals surface area contributed by atoms with Crippen molar-refractivity contribution in [1.82, 2.24) is 10.6 Å². The zero-order valence-electron chi connectivity index (χ0n) is 15.2. The van der Waals surface area contributed by atoms with Gasteiger partial charge < -0.3 is 20.5 Å². The Balaban J connectivity index is 0.00000392. The van der Waals surface area contributed by atoms with Crippen molar-refractivity contribution < 1.29 is 18.6 Å². The summed E-state index contributed by atoms with van der Waals surface area (Å²) in [4.78, 5) is 4.46. The van der Waals surface area contributed by atoms with Crippen molar-refractivity contribution in [2.24, 2.45) is 4.99 Å². The molecule has 0 aromatic heterocycles. The third-order valence-electron chi connectivity index (χ3n) is 3.61. The molecule has 0 saturated carbocycles. The van der Waals surface area contributed by atoms with E-state index in [0.717, 1.165) is 5.56 Å². The van der Waals surface area contributed by atoms with E-state index in [2.05, 4.69) is 20.4 Å². The molecule has 0 heterocycles. The molecule has 0 spiro atoms. The zero-order valence-corrected chi connectivity index (χ0v) is 18.3. The predicted octanol–water partition coefficient (Wildman–Crippen LogP) is 4.35. The molecule has 0 aliphatic heterocycles. The molecule has 0 aliphatic carbocycles. The fraction of sp³-hybridized carbons (Fsp3) is 0.316. The molecule has 28 heavy (non-hydrogen) atoms. The number of hydrogen-bond donors (Lipinski definition) is 3. The molecule has 5 nitrogen and oxygen atoms in total. The van der Waals surface area contributed by atoms with Gasteiger partial charge in [-0.05, 0) is 42.3 Å². The highest BCUT2D eigenvalue weighted by molar-refractivity contribution is 14.0. The highest BCUT2D eigenvalue weighted by Crippen LogP contribution is 2.19. The van der Waals surface area contributed by atoms with E-state index in [1.54, 1.807) is 18.2 Å². The third-order valence-corrected chi connectivity index (χ3v) is 3.84. The Kier molecular flexibility index (Phi) is 11.1. The van der Waals surface area contributed by atoms with E-state index >= 15 is 0 Å². The lowest BCUT2D eigenvalue weighted by atomic mass is 10.1. The van der Waals surface area contributed by atoms with Crippen LogP contribution in [0, 0.1) is 0 Å². The fourth-order valence-electron chi connectivity index (χ4n) is 2.33. The van der Waals surface area contributed by atoms with Crippen LogP contribution in [-0.4, -0.2) is 30.8 Å². The van der Waals surface area contributed by atoms with E-state index in [4.69, 9.17) is 11.6 Å². The molecule has 0 saturated heterocycles. The Morgan fingerprint density at radius 3 is 2.50 bits per heavy atom. The highest BCUT2D eigenvalue weighted by Gasteiger charge is 2.10. The van der Waals surface area contributed by atoms with Crippen LogP contribution in [0.25, 0.3) is 0 Å². The van der Waals surface area contributed by atoms with E-state index in [1.807, 2.05) is 25.1 Å². The van der Waals surface area contributed by atoms with Gasteiger partial charge in [0.15, 0.2) is 5.96 Å². The van der Waals surface area contributed by atoms with Crippen LogP contribution in [0.1, 0.15) is 24.2 Å². The fourth-order valence-corrected chi connectivity index (χ4v) is 2.54. The molecule has 0 bridgehead atoms. The van der Waals surface area contributed by atoms with Gasteiger partial charge in [0.25, 0.3) is 0 Å². The number of nitrogens with zero attached hydrogens (tertiary/aromatic N) is 1. The van der Waals surface area contributed by atoms with Crippen LogP contribution in [0.2, 0.25) is 5.02 Å². The topological polar surface area (TPSA) is 65.9 Å². The molecule has 3 N–H and O–H groups in total. The van der Waals surface area contributed by atoms with Crippen molar-refractivity contribution in [2.45, 2.75) is 26.2 Å². The maximum Gasteiger partial charge on any atom is 0.387 e. The Morgan fingerprint density at radius 1 is 1.18 bits per heavy atom.